The fourth-order valence-corrected chi connectivity index (χ4v) is 1.14. The summed E-state index contributed by atoms with van der Waals surface area (Å²) < 4.78 is 0. The van der Waals surface area contributed by atoms with Crippen LogP contribution in [0.1, 0.15) is 6.42 Å². The van der Waals surface area contributed by atoms with Crippen molar-refractivity contribution in [1.29, 1.82) is 0 Å². The predicted octanol–water partition coefficient (Wildman–Crippen LogP) is 0.0651. The summed E-state index contributed by atoms with van der Waals surface area (Å²) in [6, 6.07) is 0. The minimum Gasteiger partial charge on any atom is -0.481 e. The minimum atomic E-state index is -0.867. The van der Waals surface area contributed by atoms with Crippen LogP contribution in [0.15, 0.2) is 29.2 Å². The van der Waals surface area contributed by atoms with Gasteiger partial charge in [0.1, 0.15) is 0 Å². The summed E-state index contributed by atoms with van der Waals surface area (Å²) in [5.74, 6) is -1.11. The Kier molecular flexibility index (Phi) is 3.87. The Morgan fingerprint density at radius 3 is 3.14 bits per heavy atom. The number of rotatable bonds is 4. The van der Waals surface area contributed by atoms with Crippen molar-refractivity contribution >= 4 is 12.2 Å². The van der Waals surface area contributed by atoms with Gasteiger partial charge in [0.2, 0.25) is 0 Å². The molecule has 0 aromatic carbocycles. The van der Waals surface area contributed by atoms with Gasteiger partial charge in [-0.1, -0.05) is 0 Å². The molecule has 0 radical (unpaired) electrons. The van der Waals surface area contributed by atoms with E-state index >= 15 is 0 Å². The lowest BCUT2D eigenvalue weighted by Gasteiger charge is -2.11. The number of carboxylic acid groups (broad SMARTS) is 1. The lowest BCUT2D eigenvalue weighted by molar-refractivity contribution is -0.137. The number of nitrogens with zero attached hydrogens (tertiary/aromatic N) is 1. The monoisotopic (exact) mass is 195 g/mol. The van der Waals surface area contributed by atoms with E-state index in [2.05, 4.69) is 10.3 Å². The smallest absolute Gasteiger partial charge is 0.304 e. The zero-order chi connectivity index (χ0) is 10.4. The Balaban J connectivity index is 2.68. The van der Waals surface area contributed by atoms with Gasteiger partial charge < -0.3 is 16.2 Å². The van der Waals surface area contributed by atoms with Crippen LogP contribution in [0.3, 0.4) is 0 Å². The molecule has 76 valence electrons. The Bertz CT molecular complexity index is 294. The van der Waals surface area contributed by atoms with Crippen molar-refractivity contribution in [3.63, 3.8) is 0 Å². The number of carboxylic acids is 1. The van der Waals surface area contributed by atoms with Crippen LogP contribution in [0.5, 0.6) is 0 Å². The van der Waals surface area contributed by atoms with Gasteiger partial charge in [0.05, 0.1) is 12.1 Å². The molecule has 14 heavy (non-hydrogen) atoms. The quantitative estimate of drug-likeness (QED) is 0.592. The average Bonchev–Trinajstić information content (AvgIpc) is 2.41. The third-order valence-corrected chi connectivity index (χ3v) is 1.86. The molecule has 0 aliphatic carbocycles. The molecule has 1 aliphatic rings. The molecule has 0 spiro atoms. The summed E-state index contributed by atoms with van der Waals surface area (Å²) in [6.45, 7) is 0.275. The highest BCUT2D eigenvalue weighted by atomic mass is 16.4. The second kappa shape index (κ2) is 5.18. The summed E-state index contributed by atoms with van der Waals surface area (Å²) in [5.41, 5.74) is 6.14. The van der Waals surface area contributed by atoms with Crippen LogP contribution in [-0.2, 0) is 4.79 Å². The third-order valence-electron chi connectivity index (χ3n) is 1.86. The third kappa shape index (κ3) is 3.02. The van der Waals surface area contributed by atoms with Crippen LogP contribution < -0.4 is 11.1 Å². The van der Waals surface area contributed by atoms with Crippen molar-refractivity contribution in [2.45, 2.75) is 6.42 Å². The fraction of sp³-hybridized carbons (Fsp3) is 0.333. The molecule has 1 unspecified atom stereocenters. The summed E-state index contributed by atoms with van der Waals surface area (Å²) >= 11 is 0. The number of aliphatic carboxylic acids is 1. The fourth-order valence-electron chi connectivity index (χ4n) is 1.14. The van der Waals surface area contributed by atoms with Gasteiger partial charge in [-0.2, -0.15) is 0 Å². The first-order valence-corrected chi connectivity index (χ1v) is 4.31. The highest BCUT2D eigenvalue weighted by Crippen LogP contribution is 2.15. The Morgan fingerprint density at radius 1 is 1.71 bits per heavy atom. The largest absolute Gasteiger partial charge is 0.481 e. The van der Waals surface area contributed by atoms with Gasteiger partial charge in [0.25, 0.3) is 0 Å². The molecule has 5 heteroatoms. The topological polar surface area (TPSA) is 87.7 Å². The van der Waals surface area contributed by atoms with Crippen LogP contribution in [0, 0.1) is 5.92 Å². The lowest BCUT2D eigenvalue weighted by Crippen LogP contribution is -2.20. The first-order valence-electron chi connectivity index (χ1n) is 4.31. The molecule has 0 aromatic rings. The van der Waals surface area contributed by atoms with Gasteiger partial charge >= 0.3 is 5.97 Å². The Morgan fingerprint density at radius 2 is 2.50 bits per heavy atom. The van der Waals surface area contributed by atoms with E-state index in [1.807, 2.05) is 0 Å². The van der Waals surface area contributed by atoms with Crippen molar-refractivity contribution in [2.75, 3.05) is 6.54 Å². The van der Waals surface area contributed by atoms with Crippen LogP contribution in [0.4, 0.5) is 0 Å². The van der Waals surface area contributed by atoms with E-state index in [9.17, 15) is 4.79 Å². The average molecular weight is 195 g/mol. The second-order valence-corrected chi connectivity index (χ2v) is 2.90. The molecule has 1 rings (SSSR count). The maximum atomic E-state index is 10.5. The highest BCUT2D eigenvalue weighted by Gasteiger charge is 2.15. The van der Waals surface area contributed by atoms with Gasteiger partial charge in [-0.25, -0.2) is 0 Å². The van der Waals surface area contributed by atoms with E-state index in [-0.39, 0.29) is 18.9 Å². The molecule has 0 saturated carbocycles. The van der Waals surface area contributed by atoms with E-state index < -0.39 is 5.97 Å². The van der Waals surface area contributed by atoms with E-state index in [1.165, 1.54) is 0 Å². The normalized spacial score (nSPS) is 16.8. The van der Waals surface area contributed by atoms with E-state index in [1.54, 1.807) is 24.7 Å². The summed E-state index contributed by atoms with van der Waals surface area (Å²) in [6.07, 6.45) is 6.72. The zero-order valence-electron chi connectivity index (χ0n) is 7.68. The maximum absolute atomic E-state index is 10.5. The number of allylic oxidation sites excluding steroid dienone is 1. The van der Waals surface area contributed by atoms with Gasteiger partial charge in [0, 0.05) is 31.1 Å². The van der Waals surface area contributed by atoms with Crippen molar-refractivity contribution in [2.24, 2.45) is 16.6 Å². The number of hydrogen-bond donors (Lipinski definition) is 3. The van der Waals surface area contributed by atoms with Crippen LogP contribution in [0.2, 0.25) is 0 Å². The molecule has 0 fully saturated rings. The van der Waals surface area contributed by atoms with Gasteiger partial charge in [-0.05, 0) is 6.08 Å². The van der Waals surface area contributed by atoms with Crippen molar-refractivity contribution in [3.05, 3.63) is 24.2 Å². The number of nitrogens with two attached hydrogens (primary N) is 1. The molecule has 1 heterocycles. The molecule has 0 aromatic heterocycles. The zero-order valence-corrected chi connectivity index (χ0v) is 7.68. The summed E-state index contributed by atoms with van der Waals surface area (Å²) in [7, 11) is 0. The maximum Gasteiger partial charge on any atom is 0.304 e. The molecule has 1 aliphatic heterocycles. The first kappa shape index (κ1) is 10.5. The standard InChI is InChI=1S/C9H13N3O2/c10-5-7(4-9(13)14)8-6-11-2-1-3-12-8/h1-3,6-7,11H,4-5,10H2,(H,13,14). The Labute approximate surface area is 82.0 Å². The molecule has 0 amide bonds. The first-order chi connectivity index (χ1) is 6.74. The second-order valence-electron chi connectivity index (χ2n) is 2.90. The van der Waals surface area contributed by atoms with Gasteiger partial charge in [0.15, 0.2) is 0 Å². The molecule has 4 N–H and O–H groups in total. The van der Waals surface area contributed by atoms with Crippen LogP contribution in [-0.4, -0.2) is 23.8 Å². The Hall–Kier alpha value is -1.62. The van der Waals surface area contributed by atoms with Crippen LogP contribution in [0.25, 0.3) is 0 Å². The summed E-state index contributed by atoms with van der Waals surface area (Å²) in [5, 5.41) is 11.5. The molecule has 0 bridgehead atoms. The van der Waals surface area contributed by atoms with Gasteiger partial charge in [-0.15, -0.1) is 0 Å². The highest BCUT2D eigenvalue weighted by molar-refractivity contribution is 5.73. The lowest BCUT2D eigenvalue weighted by atomic mass is 10.0. The molecular formula is C9H13N3O2. The number of hydrogen-bond acceptors (Lipinski definition) is 4. The number of aliphatic imine (C=N–C) groups is 1. The molecule has 0 saturated heterocycles. The van der Waals surface area contributed by atoms with Crippen molar-refractivity contribution < 1.29 is 9.90 Å². The summed E-state index contributed by atoms with van der Waals surface area (Å²) in [4.78, 5) is 14.6. The molecule has 5 nitrogen and oxygen atoms in total. The van der Waals surface area contributed by atoms with Crippen molar-refractivity contribution in [3.8, 4) is 0 Å². The SMILES string of the molecule is NCC(CC(=O)O)C1=CNC=CC=N1. The van der Waals surface area contributed by atoms with E-state index in [0.29, 0.717) is 5.70 Å². The van der Waals surface area contributed by atoms with Crippen molar-refractivity contribution in [1.82, 2.24) is 5.32 Å². The van der Waals surface area contributed by atoms with Crippen LogP contribution >= 0.6 is 0 Å². The number of carbonyl (C=O) groups is 1. The van der Waals surface area contributed by atoms with E-state index in [0.717, 1.165) is 0 Å². The molecule has 1 atom stereocenters. The van der Waals surface area contributed by atoms with Gasteiger partial charge in [-0.3, -0.25) is 9.79 Å². The minimum absolute atomic E-state index is 0.00134. The molecular weight excluding hydrogens is 182 g/mol. The van der Waals surface area contributed by atoms with E-state index in [4.69, 9.17) is 10.8 Å². The predicted molar refractivity (Wildman–Crippen MR) is 53.6 cm³/mol. The number of nitrogens with one attached hydrogen (secondary N) is 1.